The Kier molecular flexibility index (Phi) is 5.72. The molecule has 0 saturated heterocycles. The lowest BCUT2D eigenvalue weighted by Crippen LogP contribution is -2.38. The molecule has 0 bridgehead atoms. The van der Waals surface area contributed by atoms with Gasteiger partial charge in [0.1, 0.15) is 4.90 Å². The topological polar surface area (TPSA) is 80.5 Å². The third-order valence-electron chi connectivity index (χ3n) is 3.27. The molecule has 118 valence electrons. The van der Waals surface area contributed by atoms with Crippen LogP contribution in [0.2, 0.25) is 5.02 Å². The summed E-state index contributed by atoms with van der Waals surface area (Å²) >= 11 is 5.78. The van der Waals surface area contributed by atoms with E-state index >= 15 is 0 Å². The second-order valence-corrected chi connectivity index (χ2v) is 6.63. The molecule has 0 spiro atoms. The first-order valence-electron chi connectivity index (χ1n) is 6.46. The van der Waals surface area contributed by atoms with Gasteiger partial charge in [-0.15, -0.1) is 0 Å². The number of nitrogens with two attached hydrogens (primary N) is 1. The second-order valence-electron chi connectivity index (χ2n) is 4.66. The highest BCUT2D eigenvalue weighted by atomic mass is 35.5. The summed E-state index contributed by atoms with van der Waals surface area (Å²) in [5.41, 5.74) is -0.395. The third kappa shape index (κ3) is 3.93. The number of hydrogen-bond donors (Lipinski definition) is 1. The van der Waals surface area contributed by atoms with Crippen molar-refractivity contribution in [1.82, 2.24) is 4.90 Å². The minimum absolute atomic E-state index is 0.0658. The van der Waals surface area contributed by atoms with Crippen molar-refractivity contribution in [3.8, 4) is 0 Å². The molecular weight excluding hydrogens is 319 g/mol. The first-order valence-corrected chi connectivity index (χ1v) is 8.38. The van der Waals surface area contributed by atoms with E-state index in [1.807, 2.05) is 13.8 Å². The highest BCUT2D eigenvalue weighted by Gasteiger charge is 2.27. The van der Waals surface area contributed by atoms with Crippen molar-refractivity contribution in [3.05, 3.63) is 28.5 Å². The number of amides is 1. The Morgan fingerprint density at radius 3 is 2.43 bits per heavy atom. The number of benzene rings is 1. The van der Waals surface area contributed by atoms with Gasteiger partial charge in [0.25, 0.3) is 5.91 Å². The van der Waals surface area contributed by atoms with Gasteiger partial charge in [-0.3, -0.25) is 4.79 Å². The van der Waals surface area contributed by atoms with Crippen molar-refractivity contribution < 1.29 is 17.6 Å². The first-order chi connectivity index (χ1) is 9.63. The molecule has 0 aliphatic rings. The number of carbonyl (C=O) groups is 1. The molecule has 1 atom stereocenters. The van der Waals surface area contributed by atoms with E-state index in [1.54, 1.807) is 6.92 Å². The van der Waals surface area contributed by atoms with Gasteiger partial charge in [-0.25, -0.2) is 17.9 Å². The van der Waals surface area contributed by atoms with E-state index in [9.17, 15) is 17.6 Å². The summed E-state index contributed by atoms with van der Waals surface area (Å²) < 4.78 is 37.0. The molecule has 1 aromatic carbocycles. The monoisotopic (exact) mass is 336 g/mol. The maximum absolute atomic E-state index is 14.3. The van der Waals surface area contributed by atoms with Crippen LogP contribution in [0.3, 0.4) is 0 Å². The number of rotatable bonds is 5. The number of halogens is 2. The van der Waals surface area contributed by atoms with Crippen LogP contribution < -0.4 is 5.14 Å². The first kappa shape index (κ1) is 17.9. The van der Waals surface area contributed by atoms with Crippen molar-refractivity contribution in [1.29, 1.82) is 0 Å². The Hall–Kier alpha value is -1.18. The zero-order valence-corrected chi connectivity index (χ0v) is 13.6. The molecule has 5 nitrogen and oxygen atoms in total. The van der Waals surface area contributed by atoms with E-state index in [1.165, 1.54) is 4.90 Å². The lowest BCUT2D eigenvalue weighted by molar-refractivity contribution is 0.0694. The van der Waals surface area contributed by atoms with Crippen LogP contribution in [-0.2, 0) is 10.0 Å². The highest BCUT2D eigenvalue weighted by molar-refractivity contribution is 7.89. The van der Waals surface area contributed by atoms with Gasteiger partial charge in [0.05, 0.1) is 5.56 Å². The number of hydrogen-bond acceptors (Lipinski definition) is 3. The van der Waals surface area contributed by atoms with Gasteiger partial charge in [0, 0.05) is 17.6 Å². The Morgan fingerprint density at radius 1 is 1.43 bits per heavy atom. The molecule has 0 fully saturated rings. The molecule has 1 amide bonds. The largest absolute Gasteiger partial charge is 0.336 e. The van der Waals surface area contributed by atoms with Gasteiger partial charge in [-0.05, 0) is 32.4 Å². The Bertz CT molecular complexity index is 649. The third-order valence-corrected chi connectivity index (χ3v) is 4.39. The normalized spacial score (nSPS) is 13.0. The molecule has 2 N–H and O–H groups in total. The summed E-state index contributed by atoms with van der Waals surface area (Å²) in [5.74, 6) is -1.79. The summed E-state index contributed by atoms with van der Waals surface area (Å²) in [7, 11) is -4.30. The summed E-state index contributed by atoms with van der Waals surface area (Å²) in [6, 6.07) is 1.89. The van der Waals surface area contributed by atoms with Gasteiger partial charge in [0.2, 0.25) is 10.0 Å². The van der Waals surface area contributed by atoms with Crippen LogP contribution in [0.1, 0.15) is 37.6 Å². The molecule has 0 aromatic heterocycles. The molecular formula is C13H18ClFN2O3S. The fourth-order valence-corrected chi connectivity index (χ4v) is 2.89. The van der Waals surface area contributed by atoms with E-state index in [0.29, 0.717) is 13.0 Å². The minimum atomic E-state index is -4.30. The second kappa shape index (κ2) is 6.72. The summed E-state index contributed by atoms with van der Waals surface area (Å²) in [6.45, 7) is 5.84. The van der Waals surface area contributed by atoms with Crippen LogP contribution in [0.15, 0.2) is 17.0 Å². The average molecular weight is 337 g/mol. The van der Waals surface area contributed by atoms with Crippen LogP contribution >= 0.6 is 11.6 Å². The van der Waals surface area contributed by atoms with Gasteiger partial charge in [0.15, 0.2) is 5.82 Å². The van der Waals surface area contributed by atoms with E-state index in [-0.39, 0.29) is 11.1 Å². The number of carbonyl (C=O) groups excluding carboxylic acids is 1. The molecule has 0 saturated carbocycles. The van der Waals surface area contributed by atoms with E-state index < -0.39 is 32.2 Å². The standard InChI is InChI=1S/C13H18ClFN2O3S/c1-4-8(3)17(5-2)13(18)10-6-9(14)7-11(12(10)15)21(16,19)20/h6-8H,4-5H2,1-3H3,(H2,16,19,20). The van der Waals surface area contributed by atoms with Crippen LogP contribution in [0.25, 0.3) is 0 Å². The maximum Gasteiger partial charge on any atom is 0.257 e. The van der Waals surface area contributed by atoms with E-state index in [0.717, 1.165) is 12.1 Å². The molecule has 8 heteroatoms. The van der Waals surface area contributed by atoms with E-state index in [2.05, 4.69) is 0 Å². The molecule has 1 rings (SSSR count). The summed E-state index contributed by atoms with van der Waals surface area (Å²) in [6.07, 6.45) is 0.684. The van der Waals surface area contributed by atoms with Crippen LogP contribution in [0, 0.1) is 5.82 Å². The predicted octanol–water partition coefficient (Wildman–Crippen LogP) is 2.39. The fourth-order valence-electron chi connectivity index (χ4n) is 1.96. The molecule has 1 aromatic rings. The van der Waals surface area contributed by atoms with Crippen LogP contribution in [-0.4, -0.2) is 31.8 Å². The molecule has 0 heterocycles. The lowest BCUT2D eigenvalue weighted by atomic mass is 10.1. The predicted molar refractivity (Wildman–Crippen MR) is 79.2 cm³/mol. The molecule has 1 unspecified atom stereocenters. The SMILES string of the molecule is CCC(C)N(CC)C(=O)c1cc(Cl)cc(S(N)(=O)=O)c1F. The smallest absolute Gasteiger partial charge is 0.257 e. The minimum Gasteiger partial charge on any atom is -0.336 e. The quantitative estimate of drug-likeness (QED) is 0.896. The van der Waals surface area contributed by atoms with Crippen molar-refractivity contribution >= 4 is 27.5 Å². The maximum atomic E-state index is 14.3. The number of sulfonamides is 1. The van der Waals surface area contributed by atoms with Gasteiger partial charge >= 0.3 is 0 Å². The van der Waals surface area contributed by atoms with Crippen molar-refractivity contribution in [2.24, 2.45) is 5.14 Å². The molecule has 0 radical (unpaired) electrons. The number of primary sulfonamides is 1. The molecule has 0 aliphatic carbocycles. The van der Waals surface area contributed by atoms with Gasteiger partial charge in [-0.2, -0.15) is 0 Å². The molecule has 21 heavy (non-hydrogen) atoms. The molecule has 0 aliphatic heterocycles. The van der Waals surface area contributed by atoms with Gasteiger partial charge in [-0.1, -0.05) is 18.5 Å². The number of nitrogens with zero attached hydrogens (tertiary/aromatic N) is 1. The zero-order chi connectivity index (χ0) is 16.4. The summed E-state index contributed by atoms with van der Waals surface area (Å²) in [5, 5.41) is 4.87. The van der Waals surface area contributed by atoms with E-state index in [4.69, 9.17) is 16.7 Å². The fraction of sp³-hybridized carbons (Fsp3) is 0.462. The van der Waals surface area contributed by atoms with Crippen molar-refractivity contribution in [2.45, 2.75) is 38.1 Å². The van der Waals surface area contributed by atoms with Gasteiger partial charge < -0.3 is 4.90 Å². The van der Waals surface area contributed by atoms with Crippen LogP contribution in [0.5, 0.6) is 0 Å². The zero-order valence-electron chi connectivity index (χ0n) is 12.1. The summed E-state index contributed by atoms with van der Waals surface area (Å²) in [4.78, 5) is 13.1. The van der Waals surface area contributed by atoms with Crippen LogP contribution in [0.4, 0.5) is 4.39 Å². The van der Waals surface area contributed by atoms with Crippen molar-refractivity contribution in [2.75, 3.05) is 6.54 Å². The Morgan fingerprint density at radius 2 is 2.00 bits per heavy atom. The Balaban J connectivity index is 3.44. The lowest BCUT2D eigenvalue weighted by Gasteiger charge is -2.27. The Labute approximate surface area is 128 Å². The average Bonchev–Trinajstić information content (AvgIpc) is 2.40. The van der Waals surface area contributed by atoms with Crippen molar-refractivity contribution in [3.63, 3.8) is 0 Å². The highest BCUT2D eigenvalue weighted by Crippen LogP contribution is 2.24.